The van der Waals surface area contributed by atoms with Crippen LogP contribution in [-0.4, -0.2) is 34.4 Å². The molecule has 1 rings (SSSR count). The van der Waals surface area contributed by atoms with Gasteiger partial charge in [-0.25, -0.2) is 0 Å². The molecule has 134 valence electrons. The summed E-state index contributed by atoms with van der Waals surface area (Å²) in [6, 6.07) is 6.10. The molecule has 5 heteroatoms. The van der Waals surface area contributed by atoms with Crippen LogP contribution in [0.15, 0.2) is 18.2 Å². The second-order valence-electron chi connectivity index (χ2n) is 6.04. The molecule has 0 saturated heterocycles. The lowest BCUT2D eigenvalue weighted by Gasteiger charge is -2.26. The van der Waals surface area contributed by atoms with Gasteiger partial charge in [-0.1, -0.05) is 50.7 Å². The molecule has 0 fully saturated rings. The maximum Gasteiger partial charge on any atom is 0.282 e. The summed E-state index contributed by atoms with van der Waals surface area (Å²) in [5.74, 6) is 0.646. The van der Waals surface area contributed by atoms with Crippen molar-refractivity contribution in [2.24, 2.45) is 0 Å². The van der Waals surface area contributed by atoms with Crippen LogP contribution in [0.1, 0.15) is 52.2 Å². The highest BCUT2D eigenvalue weighted by Gasteiger charge is 2.21. The molecule has 0 aliphatic rings. The van der Waals surface area contributed by atoms with Crippen LogP contribution < -0.4 is 5.32 Å². The molecule has 0 spiro atoms. The molecule has 2 amide bonds. The number of rotatable bonds is 8. The summed E-state index contributed by atoms with van der Waals surface area (Å²) >= 11 is 1.28. The zero-order chi connectivity index (χ0) is 18.1. The summed E-state index contributed by atoms with van der Waals surface area (Å²) in [7, 11) is 0. The predicted molar refractivity (Wildman–Crippen MR) is 104 cm³/mol. The standard InChI is InChI=1S/C19H30N2O2S/c1-6-12-24-19(23)21(14(4)5)13-17(22)20-18-15(7-2)10-9-11-16(18)8-3/h9-11,14H,6-8,12-13H2,1-5H3,(H,20,22). The fourth-order valence-corrected chi connectivity index (χ4v) is 3.29. The van der Waals surface area contributed by atoms with Gasteiger partial charge in [-0.2, -0.15) is 0 Å². The second kappa shape index (κ2) is 10.4. The monoisotopic (exact) mass is 350 g/mol. The van der Waals surface area contributed by atoms with E-state index in [-0.39, 0.29) is 23.7 Å². The molecule has 24 heavy (non-hydrogen) atoms. The third kappa shape index (κ3) is 5.86. The van der Waals surface area contributed by atoms with Crippen LogP contribution in [0.2, 0.25) is 0 Å². The van der Waals surface area contributed by atoms with E-state index in [0.717, 1.165) is 41.8 Å². The van der Waals surface area contributed by atoms with Crippen molar-refractivity contribution in [3.8, 4) is 0 Å². The molecule has 0 unspecified atom stereocenters. The third-order valence-electron chi connectivity index (χ3n) is 3.86. The average Bonchev–Trinajstić information content (AvgIpc) is 2.57. The second-order valence-corrected chi connectivity index (χ2v) is 7.09. The van der Waals surface area contributed by atoms with Gasteiger partial charge in [0.2, 0.25) is 5.91 Å². The molecule has 1 aromatic carbocycles. The van der Waals surface area contributed by atoms with Crippen LogP contribution in [0.25, 0.3) is 0 Å². The van der Waals surface area contributed by atoms with Gasteiger partial charge in [-0.15, -0.1) is 0 Å². The normalized spacial score (nSPS) is 10.8. The number of nitrogens with zero attached hydrogens (tertiary/aromatic N) is 1. The van der Waals surface area contributed by atoms with Crippen LogP contribution in [-0.2, 0) is 17.6 Å². The summed E-state index contributed by atoms with van der Waals surface area (Å²) in [5.41, 5.74) is 3.17. The topological polar surface area (TPSA) is 49.4 Å². The Morgan fingerprint density at radius 3 is 2.17 bits per heavy atom. The van der Waals surface area contributed by atoms with Gasteiger partial charge < -0.3 is 10.2 Å². The van der Waals surface area contributed by atoms with Crippen molar-refractivity contribution in [3.63, 3.8) is 0 Å². The van der Waals surface area contributed by atoms with Crippen molar-refractivity contribution in [1.29, 1.82) is 0 Å². The molecular formula is C19H30N2O2S. The van der Waals surface area contributed by atoms with E-state index in [9.17, 15) is 9.59 Å². The van der Waals surface area contributed by atoms with Crippen molar-refractivity contribution in [2.45, 2.75) is 59.9 Å². The summed E-state index contributed by atoms with van der Waals surface area (Å²) in [6.07, 6.45) is 2.67. The number of carbonyl (C=O) groups excluding carboxylic acids is 2. The number of thioether (sulfide) groups is 1. The number of hydrogen-bond donors (Lipinski definition) is 1. The first-order valence-corrected chi connectivity index (χ1v) is 9.77. The van der Waals surface area contributed by atoms with E-state index in [1.54, 1.807) is 4.90 Å². The van der Waals surface area contributed by atoms with Gasteiger partial charge in [0.25, 0.3) is 5.24 Å². The molecule has 0 atom stereocenters. The van der Waals surface area contributed by atoms with E-state index < -0.39 is 0 Å². The molecule has 0 aliphatic carbocycles. The molecule has 0 radical (unpaired) electrons. The molecular weight excluding hydrogens is 320 g/mol. The van der Waals surface area contributed by atoms with Crippen molar-refractivity contribution in [2.75, 3.05) is 17.6 Å². The highest BCUT2D eigenvalue weighted by atomic mass is 32.2. The Labute approximate surface area is 150 Å². The van der Waals surface area contributed by atoms with Crippen LogP contribution >= 0.6 is 11.8 Å². The van der Waals surface area contributed by atoms with Gasteiger partial charge in [0.05, 0.1) is 0 Å². The van der Waals surface area contributed by atoms with Gasteiger partial charge >= 0.3 is 0 Å². The number of benzene rings is 1. The van der Waals surface area contributed by atoms with Crippen LogP contribution in [0, 0.1) is 0 Å². The van der Waals surface area contributed by atoms with E-state index in [0.29, 0.717) is 0 Å². The minimum atomic E-state index is -0.134. The lowest BCUT2D eigenvalue weighted by Crippen LogP contribution is -2.40. The molecule has 0 heterocycles. The van der Waals surface area contributed by atoms with Gasteiger partial charge in [-0.3, -0.25) is 9.59 Å². The molecule has 0 bridgehead atoms. The van der Waals surface area contributed by atoms with Gasteiger partial charge in [0.15, 0.2) is 0 Å². The largest absolute Gasteiger partial charge is 0.324 e. The Bertz CT molecular complexity index is 536. The smallest absolute Gasteiger partial charge is 0.282 e. The molecule has 4 nitrogen and oxygen atoms in total. The first-order valence-electron chi connectivity index (χ1n) is 8.78. The maximum atomic E-state index is 12.5. The minimum Gasteiger partial charge on any atom is -0.324 e. The van der Waals surface area contributed by atoms with Gasteiger partial charge in [0, 0.05) is 17.5 Å². The minimum absolute atomic E-state index is 0.000305. The number of aryl methyl sites for hydroxylation is 2. The number of amides is 2. The summed E-state index contributed by atoms with van der Waals surface area (Å²) in [4.78, 5) is 26.4. The SMILES string of the molecule is CCCSC(=O)N(CC(=O)Nc1c(CC)cccc1CC)C(C)C. The van der Waals surface area contributed by atoms with E-state index >= 15 is 0 Å². The molecule has 1 N–H and O–H groups in total. The Morgan fingerprint density at radius 1 is 1.12 bits per heavy atom. The first kappa shape index (κ1) is 20.6. The third-order valence-corrected chi connectivity index (χ3v) is 4.96. The van der Waals surface area contributed by atoms with Crippen LogP contribution in [0.3, 0.4) is 0 Å². The number of hydrogen-bond acceptors (Lipinski definition) is 3. The highest BCUT2D eigenvalue weighted by Crippen LogP contribution is 2.23. The first-order chi connectivity index (χ1) is 11.4. The molecule has 0 saturated carbocycles. The molecule has 0 aromatic heterocycles. The van der Waals surface area contributed by atoms with Gasteiger partial charge in [-0.05, 0) is 44.2 Å². The maximum absolute atomic E-state index is 12.5. The summed E-state index contributed by atoms with van der Waals surface area (Å²) < 4.78 is 0. The Balaban J connectivity index is 2.85. The predicted octanol–water partition coefficient (Wildman–Crippen LogP) is 4.72. The van der Waals surface area contributed by atoms with Crippen LogP contribution in [0.5, 0.6) is 0 Å². The van der Waals surface area contributed by atoms with Crippen molar-refractivity contribution >= 4 is 28.6 Å². The van der Waals surface area contributed by atoms with Crippen molar-refractivity contribution in [1.82, 2.24) is 4.90 Å². The van der Waals surface area contributed by atoms with E-state index in [4.69, 9.17) is 0 Å². The summed E-state index contributed by atoms with van der Waals surface area (Å²) in [5, 5.41) is 3.01. The van der Waals surface area contributed by atoms with Crippen molar-refractivity contribution in [3.05, 3.63) is 29.3 Å². The summed E-state index contributed by atoms with van der Waals surface area (Å²) in [6.45, 7) is 10.2. The van der Waals surface area contributed by atoms with Gasteiger partial charge in [0.1, 0.15) is 6.54 Å². The number of carbonyl (C=O) groups is 2. The Kier molecular flexibility index (Phi) is 8.90. The molecule has 0 aliphatic heterocycles. The van der Waals surface area contributed by atoms with E-state index in [1.165, 1.54) is 11.8 Å². The fraction of sp³-hybridized carbons (Fsp3) is 0.579. The Morgan fingerprint density at radius 2 is 1.71 bits per heavy atom. The zero-order valence-corrected chi connectivity index (χ0v) is 16.3. The van der Waals surface area contributed by atoms with E-state index in [2.05, 4.69) is 19.2 Å². The van der Waals surface area contributed by atoms with E-state index in [1.807, 2.05) is 39.0 Å². The Hall–Kier alpha value is -1.49. The van der Waals surface area contributed by atoms with Crippen molar-refractivity contribution < 1.29 is 9.59 Å². The fourth-order valence-electron chi connectivity index (χ4n) is 2.47. The highest BCUT2D eigenvalue weighted by molar-refractivity contribution is 8.13. The lowest BCUT2D eigenvalue weighted by molar-refractivity contribution is -0.117. The number of para-hydroxylation sites is 1. The number of nitrogens with one attached hydrogen (secondary N) is 1. The van der Waals surface area contributed by atoms with Crippen LogP contribution in [0.4, 0.5) is 10.5 Å². The average molecular weight is 351 g/mol. The molecule has 1 aromatic rings. The lowest BCUT2D eigenvalue weighted by atomic mass is 10.0. The number of anilines is 1. The zero-order valence-electron chi connectivity index (χ0n) is 15.5. The quantitative estimate of drug-likeness (QED) is 0.738.